The molecule has 0 aliphatic rings. The predicted molar refractivity (Wildman–Crippen MR) is 106 cm³/mol. The quantitative estimate of drug-likeness (QED) is 0.622. The summed E-state index contributed by atoms with van der Waals surface area (Å²) in [6.07, 6.45) is 0.687. The van der Waals surface area contributed by atoms with E-state index in [4.69, 9.17) is 0 Å². The molecule has 0 spiro atoms. The van der Waals surface area contributed by atoms with Crippen molar-refractivity contribution in [1.82, 2.24) is 0 Å². The number of ketones is 2. The van der Waals surface area contributed by atoms with Crippen LogP contribution in [0.25, 0.3) is 0 Å². The largest absolute Gasteiger partial charge is 0.326 e. The molecule has 0 bridgehead atoms. The van der Waals surface area contributed by atoms with Crippen molar-refractivity contribution in [3.8, 4) is 0 Å². The zero-order valence-corrected chi connectivity index (χ0v) is 16.3. The Morgan fingerprint density at radius 3 is 2.31 bits per heavy atom. The van der Waals surface area contributed by atoms with E-state index in [1.165, 1.54) is 11.3 Å². The molecule has 2 aromatic rings. The predicted octanol–water partition coefficient (Wildman–Crippen LogP) is 5.13. The van der Waals surface area contributed by atoms with Crippen molar-refractivity contribution in [3.05, 3.63) is 51.7 Å². The summed E-state index contributed by atoms with van der Waals surface area (Å²) in [5.74, 6) is 0.0670. The number of Topliss-reactive ketones (excluding diaryl/α,β-unsaturated/α-hetero) is 2. The van der Waals surface area contributed by atoms with Crippen molar-refractivity contribution < 1.29 is 14.4 Å². The molecule has 138 valence electrons. The Morgan fingerprint density at radius 2 is 1.65 bits per heavy atom. The van der Waals surface area contributed by atoms with Gasteiger partial charge in [0.25, 0.3) is 0 Å². The number of nitrogens with one attached hydrogen (secondary N) is 1. The average Bonchev–Trinajstić information content (AvgIpc) is 3.04. The second-order valence-electron chi connectivity index (χ2n) is 6.66. The van der Waals surface area contributed by atoms with E-state index < -0.39 is 0 Å². The highest BCUT2D eigenvalue weighted by Gasteiger charge is 2.13. The summed E-state index contributed by atoms with van der Waals surface area (Å²) in [7, 11) is 0. The zero-order chi connectivity index (χ0) is 19.1. The highest BCUT2D eigenvalue weighted by molar-refractivity contribution is 7.14. The summed E-state index contributed by atoms with van der Waals surface area (Å²) in [5, 5.41) is 2.88. The molecule has 5 heteroatoms. The van der Waals surface area contributed by atoms with Gasteiger partial charge in [-0.1, -0.05) is 32.0 Å². The molecular weight excluding hydrogens is 346 g/mol. The highest BCUT2D eigenvalue weighted by Crippen LogP contribution is 2.24. The van der Waals surface area contributed by atoms with Gasteiger partial charge in [-0.3, -0.25) is 14.4 Å². The van der Waals surface area contributed by atoms with E-state index >= 15 is 0 Å². The molecule has 1 N–H and O–H groups in total. The van der Waals surface area contributed by atoms with Crippen LogP contribution in [0.4, 0.5) is 5.69 Å². The molecule has 0 unspecified atom stereocenters. The maximum absolute atomic E-state index is 12.1. The number of rotatable bonds is 9. The first-order valence-electron chi connectivity index (χ1n) is 8.87. The lowest BCUT2D eigenvalue weighted by Gasteiger charge is -2.13. The maximum atomic E-state index is 12.1. The van der Waals surface area contributed by atoms with E-state index in [2.05, 4.69) is 19.2 Å². The van der Waals surface area contributed by atoms with Crippen LogP contribution >= 0.6 is 11.3 Å². The second-order valence-corrected chi connectivity index (χ2v) is 7.95. The number of benzene rings is 1. The number of hydrogen-bond donors (Lipinski definition) is 1. The fraction of sp³-hybridized carbons (Fsp3) is 0.381. The van der Waals surface area contributed by atoms with Gasteiger partial charge >= 0.3 is 0 Å². The van der Waals surface area contributed by atoms with Crippen molar-refractivity contribution in [3.63, 3.8) is 0 Å². The maximum Gasteiger partial charge on any atom is 0.224 e. The Labute approximate surface area is 158 Å². The number of carbonyl (C=O) groups excluding carboxylic acids is 3. The monoisotopic (exact) mass is 371 g/mol. The number of aryl methyl sites for hydroxylation is 1. The molecule has 1 amide bonds. The van der Waals surface area contributed by atoms with Gasteiger partial charge in [0, 0.05) is 36.2 Å². The Hall–Kier alpha value is -2.27. The Kier molecular flexibility index (Phi) is 7.27. The molecule has 0 aliphatic heterocycles. The molecule has 4 nitrogen and oxygen atoms in total. The van der Waals surface area contributed by atoms with Crippen molar-refractivity contribution in [2.75, 3.05) is 5.32 Å². The molecule has 0 aliphatic carbocycles. The van der Waals surface area contributed by atoms with E-state index in [0.29, 0.717) is 10.8 Å². The molecule has 1 aromatic heterocycles. The van der Waals surface area contributed by atoms with E-state index in [9.17, 15) is 14.4 Å². The summed E-state index contributed by atoms with van der Waals surface area (Å²) in [4.78, 5) is 37.9. The van der Waals surface area contributed by atoms with Crippen LogP contribution in [0.15, 0.2) is 36.4 Å². The third kappa shape index (κ3) is 5.92. The van der Waals surface area contributed by atoms with Gasteiger partial charge < -0.3 is 5.32 Å². The van der Waals surface area contributed by atoms with Crippen LogP contribution in [-0.2, 0) is 9.59 Å². The van der Waals surface area contributed by atoms with Crippen LogP contribution in [0, 0.1) is 6.92 Å². The first-order valence-corrected chi connectivity index (χ1v) is 9.68. The summed E-state index contributed by atoms with van der Waals surface area (Å²) in [6, 6.07) is 11.4. The first-order chi connectivity index (χ1) is 12.4. The summed E-state index contributed by atoms with van der Waals surface area (Å²) >= 11 is 1.45. The smallest absolute Gasteiger partial charge is 0.224 e. The molecule has 26 heavy (non-hydrogen) atoms. The average molecular weight is 372 g/mol. The lowest BCUT2D eigenvalue weighted by atomic mass is 10.0. The van der Waals surface area contributed by atoms with Crippen LogP contribution in [0.2, 0.25) is 0 Å². The number of thiophene rings is 1. The van der Waals surface area contributed by atoms with Gasteiger partial charge in [0.15, 0.2) is 5.78 Å². The molecule has 0 atom stereocenters. The standard InChI is InChI=1S/C21H25NO3S/c1-14(2)17-6-4-5-7-18(17)22-21(25)13-10-16(23)9-11-19(24)20-12-8-15(3)26-20/h4-8,12,14H,9-11,13H2,1-3H3,(H,22,25). The number of para-hydroxylation sites is 1. The van der Waals surface area contributed by atoms with Crippen molar-refractivity contribution in [1.29, 1.82) is 0 Å². The molecule has 0 saturated carbocycles. The molecule has 2 rings (SSSR count). The van der Waals surface area contributed by atoms with Gasteiger partial charge in [-0.05, 0) is 36.6 Å². The van der Waals surface area contributed by atoms with Crippen LogP contribution < -0.4 is 5.32 Å². The van der Waals surface area contributed by atoms with Gasteiger partial charge in [0.1, 0.15) is 5.78 Å². The summed E-state index contributed by atoms with van der Waals surface area (Å²) < 4.78 is 0. The number of amides is 1. The van der Waals surface area contributed by atoms with Gasteiger partial charge in [-0.2, -0.15) is 0 Å². The van der Waals surface area contributed by atoms with Crippen LogP contribution in [0.3, 0.4) is 0 Å². The van der Waals surface area contributed by atoms with E-state index in [1.54, 1.807) is 6.07 Å². The zero-order valence-electron chi connectivity index (χ0n) is 15.5. The lowest BCUT2D eigenvalue weighted by Crippen LogP contribution is -2.15. The topological polar surface area (TPSA) is 63.2 Å². The molecule has 1 heterocycles. The van der Waals surface area contributed by atoms with Crippen LogP contribution in [0.1, 0.15) is 65.6 Å². The third-order valence-corrected chi connectivity index (χ3v) is 5.18. The summed E-state index contributed by atoms with van der Waals surface area (Å²) in [6.45, 7) is 6.09. The fourth-order valence-corrected chi connectivity index (χ4v) is 3.50. The minimum atomic E-state index is -0.174. The Bertz CT molecular complexity index is 792. The molecule has 0 saturated heterocycles. The van der Waals surface area contributed by atoms with Crippen molar-refractivity contribution in [2.24, 2.45) is 0 Å². The summed E-state index contributed by atoms with van der Waals surface area (Å²) in [5.41, 5.74) is 1.87. The van der Waals surface area contributed by atoms with E-state index in [1.807, 2.05) is 37.3 Å². The molecule has 0 fully saturated rings. The molecule has 1 aromatic carbocycles. The molecular formula is C21H25NO3S. The normalized spacial score (nSPS) is 10.8. The van der Waals surface area contributed by atoms with Crippen LogP contribution in [0.5, 0.6) is 0 Å². The van der Waals surface area contributed by atoms with Gasteiger partial charge in [0.2, 0.25) is 5.91 Å². The van der Waals surface area contributed by atoms with E-state index in [0.717, 1.165) is 16.1 Å². The van der Waals surface area contributed by atoms with Crippen LogP contribution in [-0.4, -0.2) is 17.5 Å². The van der Waals surface area contributed by atoms with Gasteiger partial charge in [0.05, 0.1) is 4.88 Å². The number of anilines is 1. The Morgan fingerprint density at radius 1 is 0.962 bits per heavy atom. The second kappa shape index (κ2) is 9.43. The number of hydrogen-bond acceptors (Lipinski definition) is 4. The van der Waals surface area contributed by atoms with Crippen molar-refractivity contribution in [2.45, 2.75) is 52.4 Å². The van der Waals surface area contributed by atoms with Crippen molar-refractivity contribution >= 4 is 34.5 Å². The minimum absolute atomic E-state index is 0.00763. The van der Waals surface area contributed by atoms with E-state index in [-0.39, 0.29) is 43.2 Å². The third-order valence-electron chi connectivity index (χ3n) is 4.13. The SMILES string of the molecule is Cc1ccc(C(=O)CCC(=O)CCC(=O)Nc2ccccc2C(C)C)s1. The molecule has 0 radical (unpaired) electrons. The lowest BCUT2D eigenvalue weighted by molar-refractivity contribution is -0.122. The van der Waals surface area contributed by atoms with Gasteiger partial charge in [-0.15, -0.1) is 11.3 Å². The first kappa shape index (κ1) is 20.0. The Balaban J connectivity index is 1.77. The minimum Gasteiger partial charge on any atom is -0.326 e. The fourth-order valence-electron chi connectivity index (χ4n) is 2.67. The number of carbonyl (C=O) groups is 3. The van der Waals surface area contributed by atoms with Gasteiger partial charge in [-0.25, -0.2) is 0 Å². The highest BCUT2D eigenvalue weighted by atomic mass is 32.1.